The Kier molecular flexibility index (Phi) is 6.73. The first kappa shape index (κ1) is 16.4. The van der Waals surface area contributed by atoms with Crippen molar-refractivity contribution in [2.24, 2.45) is 5.10 Å². The molecule has 8 heteroatoms. The van der Waals surface area contributed by atoms with Gasteiger partial charge in [-0.3, -0.25) is 0 Å². The quantitative estimate of drug-likeness (QED) is 0.297. The van der Waals surface area contributed by atoms with E-state index in [-0.39, 0.29) is 41.1 Å². The van der Waals surface area contributed by atoms with Crippen LogP contribution in [-0.2, 0) is 14.9 Å². The molecule has 0 fully saturated rings. The maximum atomic E-state index is 11.2. The normalized spacial score (nSPS) is 11.6. The van der Waals surface area contributed by atoms with E-state index in [1.165, 1.54) is 14.0 Å². The Hall–Kier alpha value is -0.600. The van der Waals surface area contributed by atoms with Crippen LogP contribution >= 0.6 is 0 Å². The van der Waals surface area contributed by atoms with Crippen molar-refractivity contribution < 1.29 is 42.7 Å². The molecule has 0 spiro atoms. The molecule has 0 bridgehead atoms. The zero-order valence-electron chi connectivity index (χ0n) is 9.91. The van der Waals surface area contributed by atoms with Gasteiger partial charge in [0.1, 0.15) is 0 Å². The number of para-hydroxylation sites is 1. The molecule has 0 atom stereocenters. The number of nitrogens with zero attached hydrogens (tertiary/aromatic N) is 2. The number of anilines is 1. The van der Waals surface area contributed by atoms with Gasteiger partial charge in [0.2, 0.25) is 5.90 Å². The summed E-state index contributed by atoms with van der Waals surface area (Å²) < 4.78 is 27.8. The Bertz CT molecular complexity index is 476. The molecule has 17 heavy (non-hydrogen) atoms. The van der Waals surface area contributed by atoms with E-state index in [0.29, 0.717) is 4.41 Å². The van der Waals surface area contributed by atoms with Gasteiger partial charge >= 0.3 is 29.6 Å². The fourth-order valence-electron chi connectivity index (χ4n) is 0.974. The van der Waals surface area contributed by atoms with Crippen molar-refractivity contribution in [2.75, 3.05) is 11.5 Å². The third-order valence-electron chi connectivity index (χ3n) is 1.73. The predicted molar refractivity (Wildman–Crippen MR) is 62.3 cm³/mol. The molecule has 1 N–H and O–H groups in total. The molecular formula is C9H12N3NaO3S. The molecule has 1 aromatic carbocycles. The molecule has 0 aliphatic heterocycles. The average Bonchev–Trinajstić information content (AvgIpc) is 2.25. The summed E-state index contributed by atoms with van der Waals surface area (Å²) in [5, 5.41) is 10.7. The van der Waals surface area contributed by atoms with E-state index in [9.17, 15) is 8.42 Å². The molecule has 0 saturated heterocycles. The number of methoxy groups -OCH3 is 1. The first-order valence-electron chi connectivity index (χ1n) is 4.39. The summed E-state index contributed by atoms with van der Waals surface area (Å²) in [6.07, 6.45) is 0. The second-order valence-electron chi connectivity index (χ2n) is 2.91. The third-order valence-corrected chi connectivity index (χ3v) is 2.48. The van der Waals surface area contributed by atoms with E-state index in [0.717, 1.165) is 0 Å². The summed E-state index contributed by atoms with van der Waals surface area (Å²) in [5.41, 5.74) is 0.286. The summed E-state index contributed by atoms with van der Waals surface area (Å²) in [6.45, 7) is 1.50. The summed E-state index contributed by atoms with van der Waals surface area (Å²) in [5.74, 6) is 0.152. The molecule has 0 amide bonds. The Morgan fingerprint density at radius 1 is 1.35 bits per heavy atom. The molecule has 0 aliphatic rings. The van der Waals surface area contributed by atoms with Gasteiger partial charge < -0.3 is 9.88 Å². The van der Waals surface area contributed by atoms with E-state index in [1.807, 2.05) is 0 Å². The fraction of sp³-hybridized carbons (Fsp3) is 0.222. The van der Waals surface area contributed by atoms with E-state index in [2.05, 4.69) is 5.10 Å². The maximum absolute atomic E-state index is 11.2. The molecule has 0 saturated carbocycles. The van der Waals surface area contributed by atoms with Gasteiger partial charge in [-0.25, -0.2) is 8.42 Å². The van der Waals surface area contributed by atoms with Gasteiger partial charge in [-0.05, 0) is 12.1 Å². The topological polar surface area (TPSA) is 82.8 Å². The number of hydrogen-bond donors (Lipinski definition) is 0. The second kappa shape index (κ2) is 6.97. The molecule has 0 radical (unpaired) electrons. The van der Waals surface area contributed by atoms with Gasteiger partial charge in [0, 0.05) is 6.92 Å². The first-order valence-corrected chi connectivity index (χ1v) is 5.83. The number of nitrogens with one attached hydrogen (secondary N) is 1. The summed E-state index contributed by atoms with van der Waals surface area (Å²) in [4.78, 5) is 0. The summed E-state index contributed by atoms with van der Waals surface area (Å²) in [6, 6.07) is 8.14. The van der Waals surface area contributed by atoms with Crippen LogP contribution in [0.5, 0.6) is 0 Å². The molecule has 0 aromatic heterocycles. The van der Waals surface area contributed by atoms with Crippen LogP contribution in [0.15, 0.2) is 35.4 Å². The minimum Gasteiger partial charge on any atom is -0.544 e. The van der Waals surface area contributed by atoms with Gasteiger partial charge in [-0.15, -0.1) is 5.10 Å². The Morgan fingerprint density at radius 3 is 2.29 bits per heavy atom. The molecule has 88 valence electrons. The zero-order valence-corrected chi connectivity index (χ0v) is 12.7. The van der Waals surface area contributed by atoms with Crippen molar-refractivity contribution in [3.63, 3.8) is 0 Å². The first-order chi connectivity index (χ1) is 7.45. The van der Waals surface area contributed by atoms with Crippen molar-refractivity contribution in [3.8, 4) is 0 Å². The monoisotopic (exact) mass is 265 g/mol. The number of rotatable bonds is 3. The molecule has 0 aliphatic carbocycles. The van der Waals surface area contributed by atoms with Crippen LogP contribution in [0, 0.1) is 0 Å². The second-order valence-corrected chi connectivity index (χ2v) is 4.20. The van der Waals surface area contributed by atoms with E-state index in [1.54, 1.807) is 30.3 Å². The zero-order chi connectivity index (χ0) is 12.2. The van der Waals surface area contributed by atoms with Crippen LogP contribution in [-0.4, -0.2) is 21.4 Å². The Balaban J connectivity index is 0.00000256. The molecule has 6 nitrogen and oxygen atoms in total. The fourth-order valence-corrected chi connectivity index (χ4v) is 1.60. The van der Waals surface area contributed by atoms with Crippen molar-refractivity contribution >= 4 is 21.8 Å². The molecule has 1 rings (SSSR count). The maximum Gasteiger partial charge on any atom is 1.00 e. The standard InChI is InChI=1S/C9H12N3O3S.Na/c1-8(15-2)11-12(16(10,13)14)9-6-4-3-5-7-9;/h3-7H,1-2H3,(H-,10,13,14);/q-1;+1/b11-8-;. The number of benzene rings is 1. The average molecular weight is 265 g/mol. The minimum atomic E-state index is -4.21. The molecule has 0 unspecified atom stereocenters. The van der Waals surface area contributed by atoms with Gasteiger partial charge in [0.05, 0.1) is 12.8 Å². The Labute approximate surface area is 123 Å². The van der Waals surface area contributed by atoms with E-state index < -0.39 is 10.2 Å². The molecule has 0 heterocycles. The van der Waals surface area contributed by atoms with Crippen molar-refractivity contribution in [3.05, 3.63) is 35.5 Å². The summed E-state index contributed by atoms with van der Waals surface area (Å²) in [7, 11) is -2.83. The van der Waals surface area contributed by atoms with Crippen LogP contribution in [0.3, 0.4) is 0 Å². The van der Waals surface area contributed by atoms with Gasteiger partial charge in [-0.2, -0.15) is 4.41 Å². The summed E-state index contributed by atoms with van der Waals surface area (Å²) >= 11 is 0. The number of hydrazone groups is 1. The van der Waals surface area contributed by atoms with Gasteiger partial charge in [0.15, 0.2) is 10.2 Å². The van der Waals surface area contributed by atoms with Crippen molar-refractivity contribution in [1.29, 1.82) is 0 Å². The van der Waals surface area contributed by atoms with Crippen LogP contribution in [0.25, 0.3) is 5.14 Å². The minimum absolute atomic E-state index is 0. The van der Waals surface area contributed by atoms with Crippen LogP contribution < -0.4 is 34.0 Å². The third kappa shape index (κ3) is 5.05. The Morgan fingerprint density at radius 2 is 1.88 bits per heavy atom. The largest absolute Gasteiger partial charge is 1.00 e. The van der Waals surface area contributed by atoms with Crippen LogP contribution in [0.2, 0.25) is 0 Å². The molecule has 1 aromatic rings. The predicted octanol–water partition coefficient (Wildman–Crippen LogP) is -1.23. The number of ether oxygens (including phenoxy) is 1. The van der Waals surface area contributed by atoms with E-state index >= 15 is 0 Å². The van der Waals surface area contributed by atoms with E-state index in [4.69, 9.17) is 9.88 Å². The van der Waals surface area contributed by atoms with Crippen molar-refractivity contribution in [1.82, 2.24) is 0 Å². The van der Waals surface area contributed by atoms with Crippen molar-refractivity contribution in [2.45, 2.75) is 6.92 Å². The smallest absolute Gasteiger partial charge is 0.544 e. The van der Waals surface area contributed by atoms with Crippen LogP contribution in [0.1, 0.15) is 6.92 Å². The van der Waals surface area contributed by atoms with Crippen LogP contribution in [0.4, 0.5) is 5.69 Å². The number of hydrogen-bond acceptors (Lipinski definition) is 4. The SMILES string of the molecule is CO/C(C)=N\N(c1ccccc1)S([NH-])(=O)=O.[Na+]. The van der Waals surface area contributed by atoms with Gasteiger partial charge in [0.25, 0.3) is 0 Å². The molecular weight excluding hydrogens is 253 g/mol. The van der Waals surface area contributed by atoms with Gasteiger partial charge in [-0.1, -0.05) is 18.2 Å².